The Hall–Kier alpha value is -2.97. The number of nitrogens with one attached hydrogen (secondary N) is 1. The molecule has 0 bridgehead atoms. The number of rotatable bonds is 7. The highest BCUT2D eigenvalue weighted by atomic mass is 32.1. The van der Waals surface area contributed by atoms with Gasteiger partial charge in [0.1, 0.15) is 0 Å². The van der Waals surface area contributed by atoms with E-state index in [1.807, 2.05) is 42.6 Å². The molecule has 0 radical (unpaired) electrons. The van der Waals surface area contributed by atoms with E-state index in [-0.39, 0.29) is 12.5 Å². The number of carboxylic acid groups (broad SMARTS) is 2. The minimum atomic E-state index is -1.26. The van der Waals surface area contributed by atoms with Crippen LogP contribution in [-0.4, -0.2) is 34.6 Å². The maximum atomic E-state index is 11.7. The fourth-order valence-electron chi connectivity index (χ4n) is 2.29. The third kappa shape index (κ3) is 8.30. The lowest BCUT2D eigenvalue weighted by Gasteiger charge is -2.30. The van der Waals surface area contributed by atoms with E-state index in [2.05, 4.69) is 17.4 Å². The summed E-state index contributed by atoms with van der Waals surface area (Å²) in [7, 11) is 0. The highest BCUT2D eigenvalue weighted by Crippen LogP contribution is 2.29. The molecule has 0 aliphatic heterocycles. The second-order valence-electron chi connectivity index (χ2n) is 5.73. The second-order valence-corrected chi connectivity index (χ2v) is 6.68. The number of amides is 1. The third-order valence-corrected chi connectivity index (χ3v) is 4.57. The van der Waals surface area contributed by atoms with Crippen LogP contribution in [0.15, 0.2) is 60.0 Å². The number of carbonyl (C=O) groups is 3. The smallest absolute Gasteiger partial charge is 0.328 e. The van der Waals surface area contributed by atoms with Crippen molar-refractivity contribution >= 4 is 29.2 Å². The van der Waals surface area contributed by atoms with Crippen LogP contribution in [0.4, 0.5) is 0 Å². The predicted octanol–water partition coefficient (Wildman–Crippen LogP) is 1.99. The number of benzene rings is 1. The lowest BCUT2D eigenvalue weighted by Crippen LogP contribution is -2.47. The normalized spacial score (nSPS) is 12.5. The number of carboxylic acids is 2. The Balaban J connectivity index is 0.000000387. The lowest BCUT2D eigenvalue weighted by molar-refractivity contribution is -0.134. The van der Waals surface area contributed by atoms with Crippen molar-refractivity contribution in [1.29, 1.82) is 0 Å². The molecule has 2 rings (SSSR count). The Morgan fingerprint density at radius 3 is 2.11 bits per heavy atom. The van der Waals surface area contributed by atoms with Gasteiger partial charge in [-0.25, -0.2) is 9.59 Å². The van der Waals surface area contributed by atoms with Crippen molar-refractivity contribution in [2.75, 3.05) is 6.54 Å². The summed E-state index contributed by atoms with van der Waals surface area (Å²) in [5.41, 5.74) is 6.20. The number of carbonyl (C=O) groups excluding carboxylic acids is 1. The second kappa shape index (κ2) is 10.9. The Morgan fingerprint density at radius 1 is 1.07 bits per heavy atom. The molecule has 0 aliphatic carbocycles. The largest absolute Gasteiger partial charge is 0.478 e. The zero-order valence-electron chi connectivity index (χ0n) is 14.8. The molecule has 5 N–H and O–H groups in total. The number of hydrogen-bond acceptors (Lipinski definition) is 5. The number of aliphatic carboxylic acids is 2. The minimum absolute atomic E-state index is 0.00968. The van der Waals surface area contributed by atoms with E-state index in [0.29, 0.717) is 12.2 Å². The van der Waals surface area contributed by atoms with Gasteiger partial charge in [0, 0.05) is 23.5 Å². The molecule has 1 amide bonds. The van der Waals surface area contributed by atoms with E-state index in [1.54, 1.807) is 11.3 Å². The Bertz CT molecular complexity index is 759. The highest BCUT2D eigenvalue weighted by Gasteiger charge is 2.29. The first kappa shape index (κ1) is 22.1. The summed E-state index contributed by atoms with van der Waals surface area (Å²) >= 11 is 1.65. The Labute approximate surface area is 161 Å². The van der Waals surface area contributed by atoms with Crippen molar-refractivity contribution < 1.29 is 24.6 Å². The van der Waals surface area contributed by atoms with Crippen LogP contribution < -0.4 is 11.1 Å². The summed E-state index contributed by atoms with van der Waals surface area (Å²) in [5, 5.41) is 20.7. The van der Waals surface area contributed by atoms with Gasteiger partial charge in [-0.1, -0.05) is 36.4 Å². The molecule has 144 valence electrons. The van der Waals surface area contributed by atoms with Crippen molar-refractivity contribution in [3.63, 3.8) is 0 Å². The zero-order valence-corrected chi connectivity index (χ0v) is 15.6. The Morgan fingerprint density at radius 2 is 1.67 bits per heavy atom. The first-order valence-electron chi connectivity index (χ1n) is 8.00. The fraction of sp³-hybridized carbons (Fsp3) is 0.211. The van der Waals surface area contributed by atoms with Crippen molar-refractivity contribution in [3.05, 3.63) is 70.4 Å². The van der Waals surface area contributed by atoms with E-state index in [4.69, 9.17) is 15.9 Å². The molecule has 1 aromatic carbocycles. The average molecular weight is 390 g/mol. The van der Waals surface area contributed by atoms with Crippen LogP contribution in [0, 0.1) is 0 Å². The topological polar surface area (TPSA) is 130 Å². The standard InChI is InChI=1S/C15H18N2OS.C4H4O4/c1-15(17-14(18)11-16,13-8-5-9-19-13)10-12-6-3-2-4-7-12;5-3(6)1-2-4(7)8/h2-9H,10-11,16H2,1H3,(H,17,18);1-2H,(H,5,6)(H,7,8). The third-order valence-electron chi connectivity index (χ3n) is 3.43. The summed E-state index contributed by atoms with van der Waals surface area (Å²) in [6.45, 7) is 2.05. The van der Waals surface area contributed by atoms with Gasteiger partial charge < -0.3 is 21.3 Å². The Kier molecular flexibility index (Phi) is 8.91. The monoisotopic (exact) mass is 390 g/mol. The molecule has 2 aromatic rings. The SMILES string of the molecule is CC(Cc1ccccc1)(NC(=O)CN)c1cccs1.O=C(O)C=CC(=O)O. The van der Waals surface area contributed by atoms with Crippen LogP contribution in [-0.2, 0) is 26.3 Å². The van der Waals surface area contributed by atoms with Crippen molar-refractivity contribution in [1.82, 2.24) is 5.32 Å². The van der Waals surface area contributed by atoms with Crippen LogP contribution in [0.2, 0.25) is 0 Å². The van der Waals surface area contributed by atoms with Gasteiger partial charge in [-0.2, -0.15) is 0 Å². The van der Waals surface area contributed by atoms with Crippen molar-refractivity contribution in [2.45, 2.75) is 18.9 Å². The summed E-state index contributed by atoms with van der Waals surface area (Å²) in [6.07, 6.45) is 1.87. The van der Waals surface area contributed by atoms with Crippen LogP contribution in [0.5, 0.6) is 0 Å². The predicted molar refractivity (Wildman–Crippen MR) is 103 cm³/mol. The van der Waals surface area contributed by atoms with Crippen molar-refractivity contribution in [3.8, 4) is 0 Å². The molecule has 0 saturated carbocycles. The quantitative estimate of drug-likeness (QED) is 0.535. The van der Waals surface area contributed by atoms with Gasteiger partial charge in [0.2, 0.25) is 5.91 Å². The maximum Gasteiger partial charge on any atom is 0.328 e. The van der Waals surface area contributed by atoms with Crippen LogP contribution in [0.25, 0.3) is 0 Å². The first-order valence-corrected chi connectivity index (χ1v) is 8.87. The van der Waals surface area contributed by atoms with Crippen molar-refractivity contribution in [2.24, 2.45) is 5.73 Å². The number of hydrogen-bond donors (Lipinski definition) is 4. The molecule has 1 aromatic heterocycles. The summed E-state index contributed by atoms with van der Waals surface area (Å²) < 4.78 is 0. The van der Waals surface area contributed by atoms with Crippen LogP contribution in [0.1, 0.15) is 17.4 Å². The summed E-state index contributed by atoms with van der Waals surface area (Å²) in [5.74, 6) is -2.65. The van der Waals surface area contributed by atoms with E-state index in [9.17, 15) is 14.4 Å². The zero-order chi connectivity index (χ0) is 20.3. The van der Waals surface area contributed by atoms with Crippen LogP contribution in [0.3, 0.4) is 0 Å². The molecule has 0 saturated heterocycles. The minimum Gasteiger partial charge on any atom is -0.478 e. The van der Waals surface area contributed by atoms with Gasteiger partial charge >= 0.3 is 11.9 Å². The van der Waals surface area contributed by atoms with Crippen LogP contribution >= 0.6 is 11.3 Å². The molecular formula is C19H22N2O5S. The molecular weight excluding hydrogens is 368 g/mol. The van der Waals surface area contributed by atoms with E-state index in [0.717, 1.165) is 11.3 Å². The molecule has 0 aliphatic rings. The van der Waals surface area contributed by atoms with E-state index >= 15 is 0 Å². The molecule has 8 heteroatoms. The van der Waals surface area contributed by atoms with Gasteiger partial charge in [-0.3, -0.25) is 4.79 Å². The number of nitrogens with two attached hydrogens (primary N) is 1. The van der Waals surface area contributed by atoms with E-state index in [1.165, 1.54) is 5.56 Å². The molecule has 0 spiro atoms. The van der Waals surface area contributed by atoms with Gasteiger partial charge in [0.25, 0.3) is 0 Å². The number of thiophene rings is 1. The summed E-state index contributed by atoms with van der Waals surface area (Å²) in [6, 6.07) is 14.2. The molecule has 27 heavy (non-hydrogen) atoms. The van der Waals surface area contributed by atoms with Gasteiger partial charge in [0.15, 0.2) is 0 Å². The first-order chi connectivity index (χ1) is 12.8. The van der Waals surface area contributed by atoms with E-state index < -0.39 is 17.5 Å². The average Bonchev–Trinajstić information content (AvgIpc) is 3.17. The fourth-order valence-corrected chi connectivity index (χ4v) is 3.14. The molecule has 1 heterocycles. The summed E-state index contributed by atoms with van der Waals surface area (Å²) in [4.78, 5) is 31.9. The molecule has 1 unspecified atom stereocenters. The van der Waals surface area contributed by atoms with Gasteiger partial charge in [0.05, 0.1) is 12.1 Å². The molecule has 1 atom stereocenters. The highest BCUT2D eigenvalue weighted by molar-refractivity contribution is 7.10. The maximum absolute atomic E-state index is 11.7. The molecule has 0 fully saturated rings. The van der Waals surface area contributed by atoms with Gasteiger partial charge in [-0.05, 0) is 23.9 Å². The lowest BCUT2D eigenvalue weighted by atomic mass is 9.91. The molecule has 7 nitrogen and oxygen atoms in total. The van der Waals surface area contributed by atoms with Gasteiger partial charge in [-0.15, -0.1) is 11.3 Å².